The van der Waals surface area contributed by atoms with E-state index < -0.39 is 0 Å². The van der Waals surface area contributed by atoms with Gasteiger partial charge in [0.2, 0.25) is 0 Å². The van der Waals surface area contributed by atoms with Crippen LogP contribution in [0, 0.1) is 0 Å². The van der Waals surface area contributed by atoms with Crippen molar-refractivity contribution < 1.29 is 0 Å². The number of aryl methyl sites for hydroxylation is 1. The van der Waals surface area contributed by atoms with E-state index in [9.17, 15) is 0 Å². The molecule has 28 heavy (non-hydrogen) atoms. The fourth-order valence-corrected chi connectivity index (χ4v) is 6.58. The molecule has 3 aromatic heterocycles. The maximum atomic E-state index is 6.33. The Morgan fingerprint density at radius 2 is 1.96 bits per heavy atom. The standard InChI is InChI=1S/C22H20ClN3S2/c1-12(2)18-15-8-5-7-14(15)17-19-20(28-21(17)26-18)22(25-11-24-19)27-10-13-6-3-4-9-16(13)23/h3-4,6,9,11-12H,5,7-8,10H2,1-2H3. The van der Waals surface area contributed by atoms with Crippen LogP contribution in [-0.2, 0) is 18.6 Å². The van der Waals surface area contributed by atoms with Gasteiger partial charge in [0, 0.05) is 21.9 Å². The molecule has 0 spiro atoms. The molecular weight excluding hydrogens is 406 g/mol. The van der Waals surface area contributed by atoms with Gasteiger partial charge in [0.1, 0.15) is 16.2 Å². The molecule has 142 valence electrons. The van der Waals surface area contributed by atoms with Gasteiger partial charge in [-0.3, -0.25) is 0 Å². The number of rotatable bonds is 4. The van der Waals surface area contributed by atoms with Crippen LogP contribution < -0.4 is 0 Å². The number of hydrogen-bond acceptors (Lipinski definition) is 5. The number of aromatic nitrogens is 3. The molecule has 3 nitrogen and oxygen atoms in total. The van der Waals surface area contributed by atoms with E-state index >= 15 is 0 Å². The molecule has 0 atom stereocenters. The van der Waals surface area contributed by atoms with Crippen molar-refractivity contribution in [2.24, 2.45) is 0 Å². The summed E-state index contributed by atoms with van der Waals surface area (Å²) in [7, 11) is 0. The molecule has 0 saturated heterocycles. The highest BCUT2D eigenvalue weighted by Crippen LogP contribution is 2.43. The summed E-state index contributed by atoms with van der Waals surface area (Å²) >= 11 is 9.79. The second-order valence-corrected chi connectivity index (χ2v) is 9.85. The molecule has 0 N–H and O–H groups in total. The number of halogens is 1. The van der Waals surface area contributed by atoms with Gasteiger partial charge in [-0.2, -0.15) is 0 Å². The minimum atomic E-state index is 0.446. The molecule has 0 fully saturated rings. The second-order valence-electron chi connectivity index (χ2n) is 7.48. The average molecular weight is 426 g/mol. The first-order valence-electron chi connectivity index (χ1n) is 9.58. The predicted octanol–water partition coefficient (Wildman–Crippen LogP) is 6.80. The first kappa shape index (κ1) is 18.3. The van der Waals surface area contributed by atoms with Gasteiger partial charge in [-0.25, -0.2) is 15.0 Å². The van der Waals surface area contributed by atoms with Crippen LogP contribution in [0.25, 0.3) is 20.4 Å². The van der Waals surface area contributed by atoms with Crippen LogP contribution in [0.4, 0.5) is 0 Å². The van der Waals surface area contributed by atoms with Crippen LogP contribution in [0.3, 0.4) is 0 Å². The Bertz CT molecular complexity index is 1200. The summed E-state index contributed by atoms with van der Waals surface area (Å²) in [6.07, 6.45) is 5.18. The van der Waals surface area contributed by atoms with E-state index in [1.165, 1.54) is 28.6 Å². The Balaban J connectivity index is 1.64. The van der Waals surface area contributed by atoms with Crippen LogP contribution in [0.1, 0.15) is 48.6 Å². The quantitative estimate of drug-likeness (QED) is 0.266. The first-order chi connectivity index (χ1) is 13.6. The maximum absolute atomic E-state index is 6.33. The van der Waals surface area contributed by atoms with Crippen molar-refractivity contribution >= 4 is 55.1 Å². The summed E-state index contributed by atoms with van der Waals surface area (Å²) in [6.45, 7) is 4.48. The van der Waals surface area contributed by atoms with Gasteiger partial charge >= 0.3 is 0 Å². The maximum Gasteiger partial charge on any atom is 0.126 e. The molecule has 0 unspecified atom stereocenters. The third kappa shape index (κ3) is 3.00. The summed E-state index contributed by atoms with van der Waals surface area (Å²) in [4.78, 5) is 15.5. The van der Waals surface area contributed by atoms with E-state index in [2.05, 4.69) is 29.9 Å². The molecule has 4 aromatic rings. The van der Waals surface area contributed by atoms with Gasteiger partial charge < -0.3 is 0 Å². The lowest BCUT2D eigenvalue weighted by Gasteiger charge is -2.11. The zero-order valence-corrected chi connectivity index (χ0v) is 18.2. The highest BCUT2D eigenvalue weighted by atomic mass is 35.5. The number of fused-ring (bicyclic) bond motifs is 5. The topological polar surface area (TPSA) is 38.7 Å². The van der Waals surface area contributed by atoms with Crippen LogP contribution in [-0.4, -0.2) is 15.0 Å². The Morgan fingerprint density at radius 3 is 2.79 bits per heavy atom. The third-order valence-electron chi connectivity index (χ3n) is 5.34. The number of pyridine rings is 1. The van der Waals surface area contributed by atoms with E-state index in [-0.39, 0.29) is 0 Å². The van der Waals surface area contributed by atoms with Crippen molar-refractivity contribution in [2.45, 2.75) is 49.8 Å². The lowest BCUT2D eigenvalue weighted by molar-refractivity contribution is 0.805. The minimum Gasteiger partial charge on any atom is -0.241 e. The average Bonchev–Trinajstić information content (AvgIpc) is 3.30. The van der Waals surface area contributed by atoms with Crippen molar-refractivity contribution in [2.75, 3.05) is 0 Å². The Labute approximate surface area is 177 Å². The molecule has 0 saturated carbocycles. The van der Waals surface area contributed by atoms with E-state index in [1.807, 2.05) is 18.2 Å². The largest absolute Gasteiger partial charge is 0.241 e. The van der Waals surface area contributed by atoms with Gasteiger partial charge in [-0.05, 0) is 47.9 Å². The molecule has 0 aliphatic heterocycles. The fourth-order valence-electron chi connectivity index (χ4n) is 4.05. The SMILES string of the molecule is CC(C)c1nc2sc3c(SCc4ccccc4Cl)ncnc3c2c2c1CCC2. The lowest BCUT2D eigenvalue weighted by atomic mass is 9.99. The summed E-state index contributed by atoms with van der Waals surface area (Å²) < 4.78 is 1.15. The van der Waals surface area contributed by atoms with Crippen LogP contribution >= 0.6 is 34.7 Å². The van der Waals surface area contributed by atoms with Crippen molar-refractivity contribution in [1.82, 2.24) is 15.0 Å². The van der Waals surface area contributed by atoms with E-state index in [0.717, 1.165) is 49.3 Å². The highest BCUT2D eigenvalue weighted by molar-refractivity contribution is 7.98. The molecule has 3 heterocycles. The number of benzene rings is 1. The second kappa shape index (κ2) is 7.29. The van der Waals surface area contributed by atoms with Crippen molar-refractivity contribution in [1.29, 1.82) is 0 Å². The zero-order valence-electron chi connectivity index (χ0n) is 15.8. The van der Waals surface area contributed by atoms with Gasteiger partial charge in [-0.1, -0.05) is 43.6 Å². The number of nitrogens with zero attached hydrogens (tertiary/aromatic N) is 3. The van der Waals surface area contributed by atoms with E-state index in [0.29, 0.717) is 5.92 Å². The summed E-state index contributed by atoms with van der Waals surface area (Å²) in [5, 5.41) is 3.09. The fraction of sp³-hybridized carbons (Fsp3) is 0.318. The molecule has 5 rings (SSSR count). The normalized spacial score (nSPS) is 13.7. The number of thiophene rings is 1. The van der Waals surface area contributed by atoms with Crippen molar-refractivity contribution in [3.05, 3.63) is 58.0 Å². The van der Waals surface area contributed by atoms with Crippen LogP contribution in [0.15, 0.2) is 35.6 Å². The van der Waals surface area contributed by atoms with E-state index in [1.54, 1.807) is 29.4 Å². The van der Waals surface area contributed by atoms with Gasteiger partial charge in [0.05, 0.1) is 10.2 Å². The van der Waals surface area contributed by atoms with Crippen molar-refractivity contribution in [3.8, 4) is 0 Å². The highest BCUT2D eigenvalue weighted by Gasteiger charge is 2.25. The summed E-state index contributed by atoms with van der Waals surface area (Å²) in [5.74, 6) is 1.24. The molecular formula is C22H20ClN3S2. The van der Waals surface area contributed by atoms with Crippen LogP contribution in [0.2, 0.25) is 5.02 Å². The molecule has 1 aromatic carbocycles. The molecule has 0 radical (unpaired) electrons. The Hall–Kier alpha value is -1.69. The van der Waals surface area contributed by atoms with Gasteiger partial charge in [0.25, 0.3) is 0 Å². The monoisotopic (exact) mass is 425 g/mol. The molecule has 1 aliphatic carbocycles. The smallest absolute Gasteiger partial charge is 0.126 e. The molecule has 6 heteroatoms. The Morgan fingerprint density at radius 1 is 1.14 bits per heavy atom. The Kier molecular flexibility index (Phi) is 4.77. The predicted molar refractivity (Wildman–Crippen MR) is 120 cm³/mol. The summed E-state index contributed by atoms with van der Waals surface area (Å²) in [6, 6.07) is 8.00. The van der Waals surface area contributed by atoms with Gasteiger partial charge in [0.15, 0.2) is 0 Å². The zero-order chi connectivity index (χ0) is 19.3. The van der Waals surface area contributed by atoms with E-state index in [4.69, 9.17) is 16.6 Å². The third-order valence-corrected chi connectivity index (χ3v) is 7.96. The lowest BCUT2D eigenvalue weighted by Crippen LogP contribution is -2.00. The van der Waals surface area contributed by atoms with Crippen LogP contribution in [0.5, 0.6) is 0 Å². The van der Waals surface area contributed by atoms with Crippen molar-refractivity contribution in [3.63, 3.8) is 0 Å². The first-order valence-corrected chi connectivity index (χ1v) is 11.8. The minimum absolute atomic E-state index is 0.446. The van der Waals surface area contributed by atoms with Gasteiger partial charge in [-0.15, -0.1) is 23.1 Å². The molecule has 0 bridgehead atoms. The molecule has 0 amide bonds. The molecule has 1 aliphatic rings. The number of hydrogen-bond donors (Lipinski definition) is 0. The summed E-state index contributed by atoms with van der Waals surface area (Å²) in [5.41, 5.74) is 6.40. The number of thioether (sulfide) groups is 1.